The van der Waals surface area contributed by atoms with Gasteiger partial charge in [0.05, 0.1) is 18.2 Å². The summed E-state index contributed by atoms with van der Waals surface area (Å²) in [5.41, 5.74) is 2.28. The van der Waals surface area contributed by atoms with E-state index in [2.05, 4.69) is 52.4 Å². The maximum Gasteiger partial charge on any atom is 0.227 e. The monoisotopic (exact) mass is 391 g/mol. The Bertz CT molecular complexity index is 921. The molecule has 2 N–H and O–H groups in total. The maximum absolute atomic E-state index is 9.61. The molecule has 1 aliphatic heterocycles. The number of aliphatic hydroxyl groups is 1. The molecular formula is C23H29N5O. The summed E-state index contributed by atoms with van der Waals surface area (Å²) >= 11 is 0. The van der Waals surface area contributed by atoms with Gasteiger partial charge in [-0.3, -0.25) is 4.90 Å². The molecule has 0 saturated carbocycles. The Kier molecular flexibility index (Phi) is 6.22. The molecular weight excluding hydrogens is 362 g/mol. The van der Waals surface area contributed by atoms with Crippen molar-refractivity contribution in [3.63, 3.8) is 0 Å². The fourth-order valence-electron chi connectivity index (χ4n) is 3.73. The van der Waals surface area contributed by atoms with Crippen molar-refractivity contribution in [1.82, 2.24) is 14.9 Å². The van der Waals surface area contributed by atoms with Gasteiger partial charge in [0, 0.05) is 38.1 Å². The molecule has 1 atom stereocenters. The van der Waals surface area contributed by atoms with Gasteiger partial charge in [-0.2, -0.15) is 4.98 Å². The largest absolute Gasteiger partial charge is 0.394 e. The molecule has 29 heavy (non-hydrogen) atoms. The van der Waals surface area contributed by atoms with Crippen LogP contribution in [0, 0.1) is 0 Å². The average molecular weight is 392 g/mol. The summed E-state index contributed by atoms with van der Waals surface area (Å²) < 4.78 is 0. The van der Waals surface area contributed by atoms with Crippen LogP contribution in [0.5, 0.6) is 0 Å². The van der Waals surface area contributed by atoms with E-state index in [-0.39, 0.29) is 12.6 Å². The number of piperazine rings is 1. The number of hydrogen-bond donors (Lipinski definition) is 2. The maximum atomic E-state index is 9.61. The number of benzene rings is 2. The van der Waals surface area contributed by atoms with Gasteiger partial charge in [0.15, 0.2) is 0 Å². The van der Waals surface area contributed by atoms with E-state index < -0.39 is 0 Å². The topological polar surface area (TPSA) is 64.5 Å². The van der Waals surface area contributed by atoms with Crippen LogP contribution in [0.4, 0.5) is 11.8 Å². The van der Waals surface area contributed by atoms with Crippen molar-refractivity contribution in [2.75, 3.05) is 43.0 Å². The third-order valence-electron chi connectivity index (χ3n) is 5.55. The van der Waals surface area contributed by atoms with Gasteiger partial charge in [-0.15, -0.1) is 0 Å². The fraction of sp³-hybridized carbons (Fsp3) is 0.391. The van der Waals surface area contributed by atoms with E-state index in [0.29, 0.717) is 0 Å². The second-order valence-electron chi connectivity index (χ2n) is 7.57. The van der Waals surface area contributed by atoms with Crippen LogP contribution in [0.2, 0.25) is 0 Å². The number of aromatic nitrogens is 2. The summed E-state index contributed by atoms with van der Waals surface area (Å²) in [4.78, 5) is 14.4. The standard InChI is InChI=1S/C23H29N5O/c1-2-19(17-29)24-22-20-10-6-7-11-21(20)25-23(26-22)28-14-12-27(13-15-28)16-18-8-4-3-5-9-18/h3-11,19,29H,2,12-17H2,1H3,(H,24,25,26). The lowest BCUT2D eigenvalue weighted by molar-refractivity contribution is 0.249. The summed E-state index contributed by atoms with van der Waals surface area (Å²) in [5.74, 6) is 1.57. The molecule has 1 fully saturated rings. The molecule has 1 aromatic heterocycles. The Morgan fingerprint density at radius 3 is 2.41 bits per heavy atom. The molecule has 1 saturated heterocycles. The highest BCUT2D eigenvalue weighted by Gasteiger charge is 2.21. The van der Waals surface area contributed by atoms with Crippen molar-refractivity contribution in [2.24, 2.45) is 0 Å². The molecule has 0 spiro atoms. The third-order valence-corrected chi connectivity index (χ3v) is 5.55. The summed E-state index contributed by atoms with van der Waals surface area (Å²) in [6.45, 7) is 6.91. The highest BCUT2D eigenvalue weighted by molar-refractivity contribution is 5.90. The smallest absolute Gasteiger partial charge is 0.227 e. The minimum Gasteiger partial charge on any atom is -0.394 e. The SMILES string of the molecule is CCC(CO)Nc1nc(N2CCN(Cc3ccccc3)CC2)nc2ccccc12. The molecule has 0 radical (unpaired) electrons. The molecule has 0 amide bonds. The molecule has 3 aromatic rings. The molecule has 0 aliphatic carbocycles. The van der Waals surface area contributed by atoms with E-state index >= 15 is 0 Å². The van der Waals surface area contributed by atoms with Gasteiger partial charge >= 0.3 is 0 Å². The first-order valence-electron chi connectivity index (χ1n) is 10.4. The van der Waals surface area contributed by atoms with Crippen LogP contribution in [0.25, 0.3) is 10.9 Å². The van der Waals surface area contributed by atoms with E-state index in [4.69, 9.17) is 9.97 Å². The van der Waals surface area contributed by atoms with Crippen molar-refractivity contribution in [1.29, 1.82) is 0 Å². The molecule has 1 unspecified atom stereocenters. The zero-order valence-corrected chi connectivity index (χ0v) is 17.0. The number of nitrogens with zero attached hydrogens (tertiary/aromatic N) is 4. The summed E-state index contributed by atoms with van der Waals surface area (Å²) in [7, 11) is 0. The van der Waals surface area contributed by atoms with E-state index in [1.165, 1.54) is 5.56 Å². The van der Waals surface area contributed by atoms with Gasteiger partial charge in [-0.25, -0.2) is 4.98 Å². The number of fused-ring (bicyclic) bond motifs is 1. The highest BCUT2D eigenvalue weighted by atomic mass is 16.3. The van der Waals surface area contributed by atoms with Crippen LogP contribution in [0.1, 0.15) is 18.9 Å². The van der Waals surface area contributed by atoms with Crippen LogP contribution >= 0.6 is 0 Å². The number of aliphatic hydroxyl groups excluding tert-OH is 1. The number of para-hydroxylation sites is 1. The quantitative estimate of drug-likeness (QED) is 0.645. The van der Waals surface area contributed by atoms with Gasteiger partial charge in [-0.05, 0) is 24.1 Å². The average Bonchev–Trinajstić information content (AvgIpc) is 2.78. The number of anilines is 2. The molecule has 2 aromatic carbocycles. The van der Waals surface area contributed by atoms with Crippen molar-refractivity contribution in [2.45, 2.75) is 25.9 Å². The van der Waals surface area contributed by atoms with Gasteiger partial charge in [0.2, 0.25) is 5.95 Å². The van der Waals surface area contributed by atoms with Crippen molar-refractivity contribution in [3.05, 3.63) is 60.2 Å². The van der Waals surface area contributed by atoms with Crippen LogP contribution in [0.3, 0.4) is 0 Å². The molecule has 2 heterocycles. The second kappa shape index (κ2) is 9.20. The molecule has 1 aliphatic rings. The first-order chi connectivity index (χ1) is 14.3. The van der Waals surface area contributed by atoms with Crippen LogP contribution in [-0.4, -0.2) is 58.8 Å². The minimum absolute atomic E-state index is 0.0103. The van der Waals surface area contributed by atoms with E-state index in [0.717, 1.165) is 61.8 Å². The summed E-state index contributed by atoms with van der Waals surface area (Å²) in [5, 5.41) is 14.0. The van der Waals surface area contributed by atoms with Crippen LogP contribution in [-0.2, 0) is 6.54 Å². The normalized spacial score (nSPS) is 16.1. The predicted molar refractivity (Wildman–Crippen MR) is 118 cm³/mol. The zero-order valence-electron chi connectivity index (χ0n) is 17.0. The molecule has 6 nitrogen and oxygen atoms in total. The lowest BCUT2D eigenvalue weighted by Crippen LogP contribution is -2.46. The lowest BCUT2D eigenvalue weighted by Gasteiger charge is -2.35. The highest BCUT2D eigenvalue weighted by Crippen LogP contribution is 2.25. The number of nitrogens with one attached hydrogen (secondary N) is 1. The van der Waals surface area contributed by atoms with Crippen LogP contribution in [0.15, 0.2) is 54.6 Å². The van der Waals surface area contributed by atoms with Crippen molar-refractivity contribution < 1.29 is 5.11 Å². The number of rotatable bonds is 7. The minimum atomic E-state index is -0.0103. The molecule has 4 rings (SSSR count). The zero-order chi connectivity index (χ0) is 20.1. The Labute approximate surface area is 172 Å². The Morgan fingerprint density at radius 2 is 1.69 bits per heavy atom. The van der Waals surface area contributed by atoms with Gasteiger partial charge < -0.3 is 15.3 Å². The van der Waals surface area contributed by atoms with Gasteiger partial charge in [0.25, 0.3) is 0 Å². The van der Waals surface area contributed by atoms with Crippen molar-refractivity contribution in [3.8, 4) is 0 Å². The van der Waals surface area contributed by atoms with Crippen LogP contribution < -0.4 is 10.2 Å². The van der Waals surface area contributed by atoms with Gasteiger partial charge in [-0.1, -0.05) is 49.4 Å². The van der Waals surface area contributed by atoms with Gasteiger partial charge in [0.1, 0.15) is 5.82 Å². The second-order valence-corrected chi connectivity index (χ2v) is 7.57. The van der Waals surface area contributed by atoms with E-state index in [1.54, 1.807) is 0 Å². The molecule has 152 valence electrons. The third kappa shape index (κ3) is 4.66. The first kappa shape index (κ1) is 19.6. The van der Waals surface area contributed by atoms with E-state index in [9.17, 15) is 5.11 Å². The number of hydrogen-bond acceptors (Lipinski definition) is 6. The first-order valence-corrected chi connectivity index (χ1v) is 10.4. The summed E-state index contributed by atoms with van der Waals surface area (Å²) in [6, 6.07) is 18.7. The Balaban J connectivity index is 1.50. The summed E-state index contributed by atoms with van der Waals surface area (Å²) in [6.07, 6.45) is 0.836. The Morgan fingerprint density at radius 1 is 0.966 bits per heavy atom. The molecule has 6 heteroatoms. The predicted octanol–water partition coefficient (Wildman–Crippen LogP) is 3.13. The van der Waals surface area contributed by atoms with E-state index in [1.807, 2.05) is 24.3 Å². The molecule has 0 bridgehead atoms. The Hall–Kier alpha value is -2.70. The lowest BCUT2D eigenvalue weighted by atomic mass is 10.2. The fourth-order valence-corrected chi connectivity index (χ4v) is 3.73. The van der Waals surface area contributed by atoms with Crippen molar-refractivity contribution >= 4 is 22.7 Å².